The average Bonchev–Trinajstić information content (AvgIpc) is 2.83. The molecule has 0 bridgehead atoms. The van der Waals surface area contributed by atoms with E-state index in [1.54, 1.807) is 11.9 Å². The molecule has 2 rings (SSSR count). The maximum absolute atomic E-state index is 13.8. The number of carbonyl (C=O) groups is 3. The highest BCUT2D eigenvalue weighted by atomic mass is 16.2. The summed E-state index contributed by atoms with van der Waals surface area (Å²) in [5.74, 6) is 0.967. The van der Waals surface area contributed by atoms with Gasteiger partial charge in [-0.25, -0.2) is 0 Å². The van der Waals surface area contributed by atoms with Gasteiger partial charge in [-0.3, -0.25) is 19.3 Å². The monoisotopic (exact) mass is 518 g/mol. The highest BCUT2D eigenvalue weighted by molar-refractivity contribution is 5.93. The van der Waals surface area contributed by atoms with E-state index in [1.165, 1.54) is 0 Å². The average molecular weight is 519 g/mol. The maximum atomic E-state index is 13.8. The Bertz CT molecular complexity index is 812. The van der Waals surface area contributed by atoms with E-state index in [0.717, 1.165) is 45.3 Å². The van der Waals surface area contributed by atoms with Gasteiger partial charge in [-0.1, -0.05) is 54.0 Å². The number of nitrogens with one attached hydrogen (secondary N) is 1. The minimum absolute atomic E-state index is 0.0502. The summed E-state index contributed by atoms with van der Waals surface area (Å²) in [7, 11) is 1.80. The predicted molar refractivity (Wildman–Crippen MR) is 151 cm³/mol. The van der Waals surface area contributed by atoms with Gasteiger partial charge < -0.3 is 15.1 Å². The molecule has 2 aliphatic heterocycles. The van der Waals surface area contributed by atoms with Gasteiger partial charge in [0.2, 0.25) is 17.7 Å². The first-order chi connectivity index (χ1) is 17.2. The van der Waals surface area contributed by atoms with Crippen molar-refractivity contribution in [3.8, 4) is 0 Å². The summed E-state index contributed by atoms with van der Waals surface area (Å²) in [6.07, 6.45) is 6.06. The van der Waals surface area contributed by atoms with E-state index in [-0.39, 0.29) is 47.7 Å². The van der Waals surface area contributed by atoms with E-state index in [1.807, 2.05) is 31.7 Å². The van der Waals surface area contributed by atoms with E-state index in [9.17, 15) is 14.4 Å². The molecule has 0 aromatic heterocycles. The standard InChI is InChI=1S/C30H54N4O3/c1-19(2)26(16-24(9)29(36)33-17-22(7)15-23(8)18-33)32(10)30(37)27(20(3)4)31-28(35)25-13-11-12-14-34(25)21(5)6/h16,19-23,25-27H,11-15,17-18H2,1-10H3,(H,31,35)/b24-16+/t22?,23?,25?,26-,27?/m1/s1. The second-order valence-corrected chi connectivity index (χ2v) is 12.8. The summed E-state index contributed by atoms with van der Waals surface area (Å²) >= 11 is 0. The molecule has 0 aliphatic carbocycles. The van der Waals surface area contributed by atoms with Crippen molar-refractivity contribution in [2.24, 2.45) is 23.7 Å². The van der Waals surface area contributed by atoms with Crippen LogP contribution in [0.25, 0.3) is 0 Å². The van der Waals surface area contributed by atoms with Gasteiger partial charge in [-0.2, -0.15) is 0 Å². The van der Waals surface area contributed by atoms with E-state index in [2.05, 4.69) is 51.8 Å². The van der Waals surface area contributed by atoms with Crippen molar-refractivity contribution in [2.75, 3.05) is 26.7 Å². The summed E-state index contributed by atoms with van der Waals surface area (Å²) in [4.78, 5) is 46.4. The molecule has 2 fully saturated rings. The molecular formula is C30H54N4O3. The van der Waals surface area contributed by atoms with Crippen LogP contribution in [0.1, 0.15) is 88.0 Å². The predicted octanol–water partition coefficient (Wildman–Crippen LogP) is 4.32. The molecule has 0 saturated carbocycles. The summed E-state index contributed by atoms with van der Waals surface area (Å²) in [6.45, 7) is 21.1. The van der Waals surface area contributed by atoms with E-state index in [4.69, 9.17) is 0 Å². The largest absolute Gasteiger partial charge is 0.343 e. The molecule has 2 saturated heterocycles. The number of rotatable bonds is 9. The van der Waals surface area contributed by atoms with Crippen LogP contribution < -0.4 is 5.32 Å². The molecule has 7 nitrogen and oxygen atoms in total. The highest BCUT2D eigenvalue weighted by Crippen LogP contribution is 2.24. The minimum Gasteiger partial charge on any atom is -0.343 e. The number of likely N-dealkylation sites (N-methyl/N-ethyl adjacent to an activating group) is 1. The van der Waals surface area contributed by atoms with Crippen LogP contribution in [0.2, 0.25) is 0 Å². The SMILES string of the molecule is C/C(=C\[C@H](C(C)C)N(C)C(=O)C(NC(=O)C1CCCCN1C(C)C)C(C)C)C(=O)N1CC(C)CC(C)C1. The normalized spacial score (nSPS) is 25.4. The van der Waals surface area contributed by atoms with Crippen LogP contribution in [-0.2, 0) is 14.4 Å². The fraction of sp³-hybridized carbons (Fsp3) is 0.833. The quantitative estimate of drug-likeness (QED) is 0.461. The molecule has 0 aromatic carbocycles. The van der Waals surface area contributed by atoms with Gasteiger partial charge in [0.1, 0.15) is 6.04 Å². The first-order valence-corrected chi connectivity index (χ1v) is 14.5. The molecule has 37 heavy (non-hydrogen) atoms. The fourth-order valence-electron chi connectivity index (χ4n) is 6.14. The van der Waals surface area contributed by atoms with E-state index < -0.39 is 6.04 Å². The molecule has 4 unspecified atom stereocenters. The lowest BCUT2D eigenvalue weighted by atomic mass is 9.91. The van der Waals surface area contributed by atoms with Crippen molar-refractivity contribution in [1.82, 2.24) is 20.0 Å². The second kappa shape index (κ2) is 13.8. The third kappa shape index (κ3) is 8.30. The van der Waals surface area contributed by atoms with Gasteiger partial charge in [-0.15, -0.1) is 0 Å². The fourth-order valence-corrected chi connectivity index (χ4v) is 6.14. The third-order valence-electron chi connectivity index (χ3n) is 8.13. The highest BCUT2D eigenvalue weighted by Gasteiger charge is 2.36. The first kappa shape index (κ1) is 31.3. The van der Waals surface area contributed by atoms with Crippen molar-refractivity contribution in [3.63, 3.8) is 0 Å². The van der Waals surface area contributed by atoms with Crippen molar-refractivity contribution in [3.05, 3.63) is 11.6 Å². The van der Waals surface area contributed by atoms with E-state index >= 15 is 0 Å². The lowest BCUT2D eigenvalue weighted by Crippen LogP contribution is -2.58. The Morgan fingerprint density at radius 3 is 2.05 bits per heavy atom. The van der Waals surface area contributed by atoms with Crippen LogP contribution in [-0.4, -0.2) is 83.3 Å². The molecule has 0 radical (unpaired) electrons. The van der Waals surface area contributed by atoms with Crippen LogP contribution >= 0.6 is 0 Å². The molecule has 2 aliphatic rings. The van der Waals surface area contributed by atoms with Crippen molar-refractivity contribution in [1.29, 1.82) is 0 Å². The van der Waals surface area contributed by atoms with Gasteiger partial charge in [-0.05, 0) is 70.3 Å². The second-order valence-electron chi connectivity index (χ2n) is 12.8. The van der Waals surface area contributed by atoms with Gasteiger partial charge in [0.05, 0.1) is 12.1 Å². The van der Waals surface area contributed by atoms with E-state index in [0.29, 0.717) is 17.4 Å². The van der Waals surface area contributed by atoms with Crippen molar-refractivity contribution >= 4 is 17.7 Å². The lowest BCUT2D eigenvalue weighted by Gasteiger charge is -2.39. The van der Waals surface area contributed by atoms with Crippen LogP contribution in [0.5, 0.6) is 0 Å². The molecule has 212 valence electrons. The Labute approximate surface area is 226 Å². The molecular weight excluding hydrogens is 464 g/mol. The Morgan fingerprint density at radius 1 is 0.946 bits per heavy atom. The summed E-state index contributed by atoms with van der Waals surface area (Å²) < 4.78 is 0. The van der Waals surface area contributed by atoms with Gasteiger partial charge in [0.25, 0.3) is 0 Å². The Morgan fingerprint density at radius 2 is 1.54 bits per heavy atom. The zero-order valence-corrected chi connectivity index (χ0v) is 25.2. The molecule has 0 spiro atoms. The Balaban J connectivity index is 2.19. The van der Waals surface area contributed by atoms with Crippen LogP contribution in [0, 0.1) is 23.7 Å². The third-order valence-corrected chi connectivity index (χ3v) is 8.13. The van der Waals surface area contributed by atoms with Gasteiger partial charge >= 0.3 is 0 Å². The Kier molecular flexibility index (Phi) is 11.7. The van der Waals surface area contributed by atoms with Gasteiger partial charge in [0.15, 0.2) is 0 Å². The van der Waals surface area contributed by atoms with Crippen molar-refractivity contribution in [2.45, 2.75) is 112 Å². The molecule has 2 heterocycles. The number of hydrogen-bond acceptors (Lipinski definition) is 4. The van der Waals surface area contributed by atoms with Crippen molar-refractivity contribution < 1.29 is 14.4 Å². The minimum atomic E-state index is -0.608. The molecule has 7 heteroatoms. The molecule has 5 atom stereocenters. The molecule has 1 N–H and O–H groups in total. The van der Waals surface area contributed by atoms with Crippen LogP contribution in [0.15, 0.2) is 11.6 Å². The number of piperidine rings is 2. The van der Waals surface area contributed by atoms with Crippen LogP contribution in [0.4, 0.5) is 0 Å². The lowest BCUT2D eigenvalue weighted by molar-refractivity contribution is -0.140. The summed E-state index contributed by atoms with van der Waals surface area (Å²) in [6, 6.07) is -0.754. The number of likely N-dealkylation sites (tertiary alicyclic amines) is 2. The number of hydrogen-bond donors (Lipinski definition) is 1. The smallest absolute Gasteiger partial charge is 0.249 e. The number of amides is 3. The number of carbonyl (C=O) groups excluding carboxylic acids is 3. The summed E-state index contributed by atoms with van der Waals surface area (Å²) in [5, 5.41) is 3.12. The topological polar surface area (TPSA) is 73.0 Å². The zero-order valence-electron chi connectivity index (χ0n) is 25.2. The zero-order chi connectivity index (χ0) is 28.0. The van der Waals surface area contributed by atoms with Crippen LogP contribution in [0.3, 0.4) is 0 Å². The Hall–Kier alpha value is -1.89. The van der Waals surface area contributed by atoms with Gasteiger partial charge in [0, 0.05) is 31.8 Å². The first-order valence-electron chi connectivity index (χ1n) is 14.5. The molecule has 3 amide bonds. The maximum Gasteiger partial charge on any atom is 0.249 e. The number of nitrogens with zero attached hydrogens (tertiary/aromatic N) is 3. The molecule has 0 aromatic rings. The summed E-state index contributed by atoms with van der Waals surface area (Å²) in [5.41, 5.74) is 0.680.